The van der Waals surface area contributed by atoms with Gasteiger partial charge >= 0.3 is 0 Å². The van der Waals surface area contributed by atoms with Crippen molar-refractivity contribution in [2.45, 2.75) is 26.3 Å². The Morgan fingerprint density at radius 1 is 1.28 bits per heavy atom. The Morgan fingerprint density at radius 3 is 2.61 bits per heavy atom. The van der Waals surface area contributed by atoms with Gasteiger partial charge in [0.15, 0.2) is 0 Å². The molecular weight excluding hydrogens is 224 g/mol. The summed E-state index contributed by atoms with van der Waals surface area (Å²) >= 11 is 0. The van der Waals surface area contributed by atoms with Gasteiger partial charge in [0.1, 0.15) is 5.75 Å². The summed E-state index contributed by atoms with van der Waals surface area (Å²) in [7, 11) is 4.14. The van der Waals surface area contributed by atoms with E-state index in [1.165, 1.54) is 5.56 Å². The van der Waals surface area contributed by atoms with Crippen molar-refractivity contribution in [3.8, 4) is 5.75 Å². The van der Waals surface area contributed by atoms with E-state index in [1.54, 1.807) is 6.07 Å². The topological polar surface area (TPSA) is 28.4 Å². The molecule has 2 aromatic rings. The summed E-state index contributed by atoms with van der Waals surface area (Å²) in [5.41, 5.74) is 2.35. The molecule has 1 N–H and O–H groups in total. The summed E-state index contributed by atoms with van der Waals surface area (Å²) in [6, 6.07) is 6.16. The van der Waals surface area contributed by atoms with Crippen LogP contribution in [0.15, 0.2) is 24.4 Å². The SMILES string of the molecule is CC(C)n1cc(CCN(C)C)c2c(O)cccc21. The van der Waals surface area contributed by atoms with Crippen LogP contribution in [0.2, 0.25) is 0 Å². The van der Waals surface area contributed by atoms with Gasteiger partial charge in [0, 0.05) is 24.2 Å². The van der Waals surface area contributed by atoms with Crippen molar-refractivity contribution in [3.05, 3.63) is 30.0 Å². The third kappa shape index (κ3) is 2.36. The molecule has 0 spiro atoms. The van der Waals surface area contributed by atoms with E-state index in [1.807, 2.05) is 6.07 Å². The molecule has 0 fully saturated rings. The summed E-state index contributed by atoms with van der Waals surface area (Å²) in [4.78, 5) is 2.17. The lowest BCUT2D eigenvalue weighted by atomic mass is 10.1. The molecule has 1 aromatic heterocycles. The number of hydrogen-bond donors (Lipinski definition) is 1. The molecular formula is C15H22N2O. The van der Waals surface area contributed by atoms with E-state index in [0.717, 1.165) is 23.9 Å². The molecule has 18 heavy (non-hydrogen) atoms. The van der Waals surface area contributed by atoms with Gasteiger partial charge in [0.25, 0.3) is 0 Å². The fraction of sp³-hybridized carbons (Fsp3) is 0.467. The van der Waals surface area contributed by atoms with Gasteiger partial charge in [0.2, 0.25) is 0 Å². The first-order valence-corrected chi connectivity index (χ1v) is 6.47. The molecule has 0 aliphatic rings. The second-order valence-electron chi connectivity index (χ2n) is 5.38. The number of aromatic hydroxyl groups is 1. The Bertz CT molecular complexity index is 541. The van der Waals surface area contributed by atoms with Gasteiger partial charge in [-0.3, -0.25) is 0 Å². The lowest BCUT2D eigenvalue weighted by Gasteiger charge is -2.09. The fourth-order valence-corrected chi connectivity index (χ4v) is 2.34. The van der Waals surface area contributed by atoms with Gasteiger partial charge in [-0.25, -0.2) is 0 Å². The summed E-state index contributed by atoms with van der Waals surface area (Å²) in [5.74, 6) is 0.389. The zero-order valence-electron chi connectivity index (χ0n) is 11.6. The number of aromatic nitrogens is 1. The van der Waals surface area contributed by atoms with Crippen LogP contribution in [0.3, 0.4) is 0 Å². The van der Waals surface area contributed by atoms with Crippen LogP contribution in [-0.2, 0) is 6.42 Å². The van der Waals surface area contributed by atoms with E-state index in [9.17, 15) is 5.11 Å². The Labute approximate surface area is 109 Å². The molecule has 0 saturated heterocycles. The number of hydrogen-bond acceptors (Lipinski definition) is 2. The normalized spacial score (nSPS) is 11.9. The molecule has 0 radical (unpaired) electrons. The molecule has 0 aliphatic heterocycles. The lowest BCUT2D eigenvalue weighted by molar-refractivity contribution is 0.413. The molecule has 3 heteroatoms. The summed E-state index contributed by atoms with van der Waals surface area (Å²) in [5, 5.41) is 11.1. The Morgan fingerprint density at radius 2 is 2.00 bits per heavy atom. The largest absolute Gasteiger partial charge is 0.507 e. The van der Waals surface area contributed by atoms with Crippen molar-refractivity contribution in [1.29, 1.82) is 0 Å². The van der Waals surface area contributed by atoms with Gasteiger partial charge in [-0.15, -0.1) is 0 Å². The van der Waals surface area contributed by atoms with Crippen LogP contribution in [-0.4, -0.2) is 35.2 Å². The number of phenols is 1. The number of nitrogens with zero attached hydrogens (tertiary/aromatic N) is 2. The molecule has 0 amide bonds. The van der Waals surface area contributed by atoms with Crippen LogP contribution >= 0.6 is 0 Å². The van der Waals surface area contributed by atoms with Crippen LogP contribution in [0.25, 0.3) is 10.9 Å². The van der Waals surface area contributed by atoms with Crippen LogP contribution in [0.4, 0.5) is 0 Å². The Kier molecular flexibility index (Phi) is 3.62. The zero-order valence-corrected chi connectivity index (χ0v) is 11.6. The predicted octanol–water partition coefficient (Wildman–Crippen LogP) is 3.03. The molecule has 1 heterocycles. The van der Waals surface area contributed by atoms with Crippen LogP contribution < -0.4 is 0 Å². The van der Waals surface area contributed by atoms with Gasteiger partial charge in [-0.05, 0) is 52.1 Å². The number of likely N-dealkylation sites (N-methyl/N-ethyl adjacent to an activating group) is 1. The van der Waals surface area contributed by atoms with E-state index in [-0.39, 0.29) is 0 Å². The Hall–Kier alpha value is -1.48. The van der Waals surface area contributed by atoms with E-state index < -0.39 is 0 Å². The van der Waals surface area contributed by atoms with E-state index in [0.29, 0.717) is 11.8 Å². The van der Waals surface area contributed by atoms with E-state index in [2.05, 4.69) is 49.7 Å². The van der Waals surface area contributed by atoms with Crippen molar-refractivity contribution in [2.24, 2.45) is 0 Å². The first kappa shape index (κ1) is 13.0. The Balaban J connectivity index is 2.52. The highest BCUT2D eigenvalue weighted by Crippen LogP contribution is 2.31. The van der Waals surface area contributed by atoms with Crippen molar-refractivity contribution in [1.82, 2.24) is 9.47 Å². The molecule has 0 atom stereocenters. The highest BCUT2D eigenvalue weighted by molar-refractivity contribution is 5.89. The maximum atomic E-state index is 10.1. The smallest absolute Gasteiger partial charge is 0.125 e. The second-order valence-corrected chi connectivity index (χ2v) is 5.38. The molecule has 98 valence electrons. The number of rotatable bonds is 4. The molecule has 0 aliphatic carbocycles. The number of fused-ring (bicyclic) bond motifs is 1. The maximum Gasteiger partial charge on any atom is 0.125 e. The van der Waals surface area contributed by atoms with Crippen LogP contribution in [0.1, 0.15) is 25.5 Å². The molecule has 1 aromatic carbocycles. The molecule has 0 unspecified atom stereocenters. The molecule has 3 nitrogen and oxygen atoms in total. The van der Waals surface area contributed by atoms with Crippen LogP contribution in [0.5, 0.6) is 5.75 Å². The number of phenolic OH excluding ortho intramolecular Hbond substituents is 1. The van der Waals surface area contributed by atoms with Gasteiger partial charge in [0.05, 0.1) is 5.52 Å². The molecule has 0 bridgehead atoms. The van der Waals surface area contributed by atoms with Crippen molar-refractivity contribution < 1.29 is 5.11 Å². The molecule has 0 saturated carbocycles. The first-order valence-electron chi connectivity index (χ1n) is 6.47. The summed E-state index contributed by atoms with van der Waals surface area (Å²) in [6.07, 6.45) is 3.14. The average molecular weight is 246 g/mol. The predicted molar refractivity (Wildman–Crippen MR) is 76.2 cm³/mol. The van der Waals surface area contributed by atoms with Crippen molar-refractivity contribution >= 4 is 10.9 Å². The summed E-state index contributed by atoms with van der Waals surface area (Å²) < 4.78 is 2.24. The maximum absolute atomic E-state index is 10.1. The van der Waals surface area contributed by atoms with Gasteiger partial charge in [-0.2, -0.15) is 0 Å². The van der Waals surface area contributed by atoms with Crippen molar-refractivity contribution in [2.75, 3.05) is 20.6 Å². The molecule has 2 rings (SSSR count). The minimum atomic E-state index is 0.389. The quantitative estimate of drug-likeness (QED) is 0.898. The van der Waals surface area contributed by atoms with Gasteiger partial charge in [-0.1, -0.05) is 6.07 Å². The van der Waals surface area contributed by atoms with Gasteiger partial charge < -0.3 is 14.6 Å². The minimum Gasteiger partial charge on any atom is -0.507 e. The fourth-order valence-electron chi connectivity index (χ4n) is 2.34. The number of benzene rings is 1. The average Bonchev–Trinajstić information content (AvgIpc) is 2.67. The zero-order chi connectivity index (χ0) is 13.3. The van der Waals surface area contributed by atoms with Crippen LogP contribution in [0, 0.1) is 0 Å². The third-order valence-corrected chi connectivity index (χ3v) is 3.30. The van der Waals surface area contributed by atoms with E-state index in [4.69, 9.17) is 0 Å². The van der Waals surface area contributed by atoms with E-state index >= 15 is 0 Å². The standard InChI is InChI=1S/C15H22N2O/c1-11(2)17-10-12(8-9-16(3)4)15-13(17)6-5-7-14(15)18/h5-7,10-11,18H,8-9H2,1-4H3. The highest BCUT2D eigenvalue weighted by Gasteiger charge is 2.13. The summed E-state index contributed by atoms with van der Waals surface area (Å²) in [6.45, 7) is 5.32. The first-order chi connectivity index (χ1) is 8.50. The highest BCUT2D eigenvalue weighted by atomic mass is 16.3. The monoisotopic (exact) mass is 246 g/mol. The minimum absolute atomic E-state index is 0.389. The van der Waals surface area contributed by atoms with Crippen molar-refractivity contribution in [3.63, 3.8) is 0 Å². The second kappa shape index (κ2) is 5.02. The third-order valence-electron chi connectivity index (χ3n) is 3.30. The lowest BCUT2D eigenvalue weighted by Crippen LogP contribution is -2.14.